The van der Waals surface area contributed by atoms with Crippen LogP contribution in [0.3, 0.4) is 0 Å². The number of benzene rings is 2. The molecule has 2 heteroatoms. The number of hydrogen-bond acceptors (Lipinski definition) is 1. The fourth-order valence-electron chi connectivity index (χ4n) is 2.10. The molecule has 0 radical (unpaired) electrons. The van der Waals surface area contributed by atoms with Crippen LogP contribution in [-0.2, 0) is 6.42 Å². The summed E-state index contributed by atoms with van der Waals surface area (Å²) in [6.07, 6.45) is 1.35. The molecule has 0 N–H and O–H groups in total. The number of halogens is 1. The minimum atomic E-state index is 0.226. The van der Waals surface area contributed by atoms with E-state index in [1.807, 2.05) is 44.2 Å². The summed E-state index contributed by atoms with van der Waals surface area (Å²) < 4.78 is 1.07. The Kier molecular flexibility index (Phi) is 4.54. The minimum Gasteiger partial charge on any atom is -0.294 e. The molecule has 0 saturated carbocycles. The first-order valence-electron chi connectivity index (χ1n) is 6.42. The fourth-order valence-corrected chi connectivity index (χ4v) is 2.36. The van der Waals surface area contributed by atoms with Gasteiger partial charge in [0, 0.05) is 16.5 Å². The maximum absolute atomic E-state index is 12.2. The Labute approximate surface area is 122 Å². The Hall–Kier alpha value is -1.41. The van der Waals surface area contributed by atoms with E-state index in [0.29, 0.717) is 6.42 Å². The van der Waals surface area contributed by atoms with Crippen molar-refractivity contribution in [1.82, 2.24) is 0 Å². The molecule has 0 aliphatic heterocycles. The van der Waals surface area contributed by atoms with Gasteiger partial charge in [-0.05, 0) is 49.1 Å². The molecule has 2 aromatic rings. The molecule has 1 nitrogen and oxygen atoms in total. The van der Waals surface area contributed by atoms with Gasteiger partial charge in [0.05, 0.1) is 0 Å². The van der Waals surface area contributed by atoms with Gasteiger partial charge in [0.1, 0.15) is 0 Å². The van der Waals surface area contributed by atoms with Crippen LogP contribution in [0.4, 0.5) is 0 Å². The Morgan fingerprint density at radius 1 is 1.05 bits per heavy atom. The van der Waals surface area contributed by atoms with E-state index in [1.54, 1.807) is 0 Å². The summed E-state index contributed by atoms with van der Waals surface area (Å²) >= 11 is 3.41. The second kappa shape index (κ2) is 6.16. The van der Waals surface area contributed by atoms with Gasteiger partial charge in [-0.15, -0.1) is 0 Å². The van der Waals surface area contributed by atoms with E-state index in [4.69, 9.17) is 0 Å². The van der Waals surface area contributed by atoms with Crippen molar-refractivity contribution >= 4 is 21.7 Å². The van der Waals surface area contributed by atoms with E-state index in [9.17, 15) is 4.79 Å². The van der Waals surface area contributed by atoms with Gasteiger partial charge in [0.2, 0.25) is 0 Å². The van der Waals surface area contributed by atoms with Crippen LogP contribution in [0.25, 0.3) is 0 Å². The van der Waals surface area contributed by atoms with Crippen molar-refractivity contribution in [2.45, 2.75) is 26.7 Å². The van der Waals surface area contributed by atoms with E-state index < -0.39 is 0 Å². The number of carbonyl (C=O) groups is 1. The van der Waals surface area contributed by atoms with Crippen molar-refractivity contribution in [3.8, 4) is 0 Å². The molecule has 0 fully saturated rings. The zero-order chi connectivity index (χ0) is 13.8. The van der Waals surface area contributed by atoms with Crippen LogP contribution in [0, 0.1) is 13.8 Å². The Morgan fingerprint density at radius 2 is 1.74 bits per heavy atom. The van der Waals surface area contributed by atoms with Gasteiger partial charge in [-0.3, -0.25) is 4.79 Å². The highest BCUT2D eigenvalue weighted by molar-refractivity contribution is 9.10. The Balaban J connectivity index is 2.05. The van der Waals surface area contributed by atoms with Crippen LogP contribution in [0.15, 0.2) is 46.9 Å². The number of carbonyl (C=O) groups excluding carboxylic acids is 1. The zero-order valence-electron chi connectivity index (χ0n) is 11.2. The molecule has 0 atom stereocenters. The van der Waals surface area contributed by atoms with Gasteiger partial charge in [0.15, 0.2) is 5.78 Å². The Bertz CT molecular complexity index is 585. The van der Waals surface area contributed by atoms with Crippen LogP contribution in [0.1, 0.15) is 33.5 Å². The highest BCUT2D eigenvalue weighted by Gasteiger charge is 2.10. The lowest BCUT2D eigenvalue weighted by Gasteiger charge is -2.07. The lowest BCUT2D eigenvalue weighted by Crippen LogP contribution is -2.04. The van der Waals surface area contributed by atoms with Crippen molar-refractivity contribution in [3.63, 3.8) is 0 Å². The van der Waals surface area contributed by atoms with Gasteiger partial charge in [-0.1, -0.05) is 46.3 Å². The predicted octanol–water partition coefficient (Wildman–Crippen LogP) is 4.88. The quantitative estimate of drug-likeness (QED) is 0.734. The molecule has 0 aliphatic rings. The molecule has 2 aromatic carbocycles. The van der Waals surface area contributed by atoms with Gasteiger partial charge in [-0.25, -0.2) is 0 Å². The van der Waals surface area contributed by atoms with Gasteiger partial charge in [-0.2, -0.15) is 0 Å². The third-order valence-electron chi connectivity index (χ3n) is 3.46. The Morgan fingerprint density at radius 3 is 2.42 bits per heavy atom. The summed E-state index contributed by atoms with van der Waals surface area (Å²) in [4.78, 5) is 12.2. The number of hydrogen-bond donors (Lipinski definition) is 0. The molecule has 2 rings (SSSR count). The number of rotatable bonds is 4. The second-order valence-corrected chi connectivity index (χ2v) is 5.71. The van der Waals surface area contributed by atoms with E-state index in [-0.39, 0.29) is 5.78 Å². The molecule has 0 heterocycles. The SMILES string of the molecule is Cc1cccc(C(=O)CCc2ccc(Br)cc2)c1C. The van der Waals surface area contributed by atoms with Crippen molar-refractivity contribution in [2.75, 3.05) is 0 Å². The maximum Gasteiger partial charge on any atom is 0.163 e. The normalized spacial score (nSPS) is 10.5. The number of ketones is 1. The molecule has 0 aromatic heterocycles. The summed E-state index contributed by atoms with van der Waals surface area (Å²) in [6, 6.07) is 14.1. The lowest BCUT2D eigenvalue weighted by atomic mass is 9.96. The largest absolute Gasteiger partial charge is 0.294 e. The number of Topliss-reactive ketones (excluding diaryl/α,β-unsaturated/α-hetero) is 1. The van der Waals surface area contributed by atoms with Crippen molar-refractivity contribution < 1.29 is 4.79 Å². The first kappa shape index (κ1) is 14.0. The third kappa shape index (κ3) is 3.54. The molecule has 0 unspecified atom stereocenters. The lowest BCUT2D eigenvalue weighted by molar-refractivity contribution is 0.0982. The van der Waals surface area contributed by atoms with E-state index in [1.165, 1.54) is 11.1 Å². The zero-order valence-corrected chi connectivity index (χ0v) is 12.8. The maximum atomic E-state index is 12.2. The van der Waals surface area contributed by atoms with E-state index in [0.717, 1.165) is 22.0 Å². The van der Waals surface area contributed by atoms with E-state index >= 15 is 0 Å². The van der Waals surface area contributed by atoms with E-state index in [2.05, 4.69) is 28.1 Å². The van der Waals surface area contributed by atoms with Crippen molar-refractivity contribution in [2.24, 2.45) is 0 Å². The summed E-state index contributed by atoms with van der Waals surface area (Å²) in [5.74, 6) is 0.226. The van der Waals surface area contributed by atoms with Crippen LogP contribution in [0.5, 0.6) is 0 Å². The first-order valence-corrected chi connectivity index (χ1v) is 7.21. The second-order valence-electron chi connectivity index (χ2n) is 4.80. The standard InChI is InChI=1S/C17H17BrO/c1-12-4-3-5-16(13(12)2)17(19)11-8-14-6-9-15(18)10-7-14/h3-7,9-10H,8,11H2,1-2H3. The first-order chi connectivity index (χ1) is 9.08. The molecular weight excluding hydrogens is 300 g/mol. The van der Waals surface area contributed by atoms with Crippen LogP contribution >= 0.6 is 15.9 Å². The molecule has 0 spiro atoms. The molecule has 19 heavy (non-hydrogen) atoms. The van der Waals surface area contributed by atoms with Crippen molar-refractivity contribution in [1.29, 1.82) is 0 Å². The summed E-state index contributed by atoms with van der Waals surface area (Å²) in [7, 11) is 0. The highest BCUT2D eigenvalue weighted by atomic mass is 79.9. The summed E-state index contributed by atoms with van der Waals surface area (Å²) in [6.45, 7) is 4.06. The third-order valence-corrected chi connectivity index (χ3v) is 3.99. The van der Waals surface area contributed by atoms with Gasteiger partial charge < -0.3 is 0 Å². The molecular formula is C17H17BrO. The van der Waals surface area contributed by atoms with Crippen LogP contribution in [-0.4, -0.2) is 5.78 Å². The molecule has 98 valence electrons. The fraction of sp³-hybridized carbons (Fsp3) is 0.235. The molecule has 0 amide bonds. The average molecular weight is 317 g/mol. The van der Waals surface area contributed by atoms with Crippen molar-refractivity contribution in [3.05, 3.63) is 69.2 Å². The molecule has 0 bridgehead atoms. The number of aryl methyl sites for hydroxylation is 2. The topological polar surface area (TPSA) is 17.1 Å². The monoisotopic (exact) mass is 316 g/mol. The van der Waals surface area contributed by atoms with Gasteiger partial charge in [0.25, 0.3) is 0 Å². The van der Waals surface area contributed by atoms with Crippen LogP contribution < -0.4 is 0 Å². The minimum absolute atomic E-state index is 0.226. The van der Waals surface area contributed by atoms with Gasteiger partial charge >= 0.3 is 0 Å². The summed E-state index contributed by atoms with van der Waals surface area (Å²) in [5, 5.41) is 0. The highest BCUT2D eigenvalue weighted by Crippen LogP contribution is 2.17. The average Bonchev–Trinajstić information content (AvgIpc) is 2.41. The predicted molar refractivity (Wildman–Crippen MR) is 82.7 cm³/mol. The van der Waals surface area contributed by atoms with Crippen LogP contribution in [0.2, 0.25) is 0 Å². The molecule has 0 saturated heterocycles. The smallest absolute Gasteiger partial charge is 0.163 e. The molecule has 0 aliphatic carbocycles. The summed E-state index contributed by atoms with van der Waals surface area (Å²) in [5.41, 5.74) is 4.33.